The fourth-order valence-electron chi connectivity index (χ4n) is 5.26. The number of hydrogen-bond donors (Lipinski definition) is 2. The molecule has 3 aliphatic rings. The zero-order chi connectivity index (χ0) is 24.8. The van der Waals surface area contributed by atoms with Gasteiger partial charge in [-0.3, -0.25) is 9.59 Å². The van der Waals surface area contributed by atoms with Gasteiger partial charge >= 0.3 is 0 Å². The van der Waals surface area contributed by atoms with Gasteiger partial charge in [-0.25, -0.2) is 4.39 Å². The van der Waals surface area contributed by atoms with Crippen molar-refractivity contribution >= 4 is 28.7 Å². The topological polar surface area (TPSA) is 76.7 Å². The van der Waals surface area contributed by atoms with Crippen molar-refractivity contribution in [3.8, 4) is 11.5 Å². The standard InChI is InChI=1S/C28H23FN2O4S/c1-15-25(28(33)31-19-5-2-4-18(29)13-19)26(16-7-8-22-23(12-16)35-14-34-22)27-20(30-15)10-17(11-21(27)32)24-6-3-9-36-24/h2-9,12-13,17,26,30H,10-11,14H2,1H3,(H,31,33)/t17-,26+/m0/s1. The number of allylic oxidation sites excluding steroid dienone is 3. The van der Waals surface area contributed by atoms with Crippen molar-refractivity contribution in [1.29, 1.82) is 0 Å². The predicted octanol–water partition coefficient (Wildman–Crippen LogP) is 5.62. The third kappa shape index (κ3) is 3.97. The first-order chi connectivity index (χ1) is 17.5. The normalized spacial score (nSPS) is 20.8. The minimum absolute atomic E-state index is 0.00775. The van der Waals surface area contributed by atoms with Crippen molar-refractivity contribution in [3.63, 3.8) is 0 Å². The Hall–Kier alpha value is -3.91. The lowest BCUT2D eigenvalue weighted by molar-refractivity contribution is -0.116. The second-order valence-corrected chi connectivity index (χ2v) is 10.1. The molecule has 0 bridgehead atoms. The van der Waals surface area contributed by atoms with Gasteiger partial charge in [0, 0.05) is 51.4 Å². The van der Waals surface area contributed by atoms with E-state index < -0.39 is 17.6 Å². The lowest BCUT2D eigenvalue weighted by Crippen LogP contribution is -2.37. The summed E-state index contributed by atoms with van der Waals surface area (Å²) in [5, 5.41) is 8.21. The van der Waals surface area contributed by atoms with Crippen LogP contribution in [0.15, 0.2) is 82.5 Å². The summed E-state index contributed by atoms with van der Waals surface area (Å²) in [4.78, 5) is 28.5. The van der Waals surface area contributed by atoms with E-state index in [2.05, 4.69) is 16.7 Å². The highest BCUT2D eigenvalue weighted by atomic mass is 32.1. The van der Waals surface area contributed by atoms with Crippen LogP contribution in [0.25, 0.3) is 0 Å². The number of thiophene rings is 1. The number of Topliss-reactive ketones (excluding diaryl/α,β-unsaturated/α-hetero) is 1. The number of carbonyl (C=O) groups is 2. The molecule has 0 fully saturated rings. The number of amides is 1. The van der Waals surface area contributed by atoms with Crippen molar-refractivity contribution in [2.75, 3.05) is 12.1 Å². The summed E-state index contributed by atoms with van der Waals surface area (Å²) in [6.45, 7) is 1.96. The fraction of sp³-hybridized carbons (Fsp3) is 0.214. The lowest BCUT2D eigenvalue weighted by atomic mass is 9.72. The average molecular weight is 503 g/mol. The molecule has 182 valence electrons. The van der Waals surface area contributed by atoms with Crippen LogP contribution in [0.1, 0.15) is 42.0 Å². The maximum Gasteiger partial charge on any atom is 0.254 e. The average Bonchev–Trinajstić information content (AvgIpc) is 3.55. The van der Waals surface area contributed by atoms with E-state index in [1.165, 1.54) is 23.1 Å². The minimum atomic E-state index is -0.596. The van der Waals surface area contributed by atoms with E-state index in [1.807, 2.05) is 30.5 Å². The molecular weight excluding hydrogens is 479 g/mol. The van der Waals surface area contributed by atoms with E-state index in [0.717, 1.165) is 11.3 Å². The molecule has 3 heterocycles. The highest BCUT2D eigenvalue weighted by molar-refractivity contribution is 7.10. The minimum Gasteiger partial charge on any atom is -0.454 e. The van der Waals surface area contributed by atoms with E-state index in [-0.39, 0.29) is 18.5 Å². The number of carbonyl (C=O) groups excluding carboxylic acids is 2. The molecule has 2 aromatic carbocycles. The maximum atomic E-state index is 13.8. The molecule has 6 nitrogen and oxygen atoms in total. The van der Waals surface area contributed by atoms with Gasteiger partial charge in [0.05, 0.1) is 0 Å². The molecule has 0 unspecified atom stereocenters. The van der Waals surface area contributed by atoms with Gasteiger partial charge < -0.3 is 20.1 Å². The van der Waals surface area contributed by atoms with Crippen LogP contribution in [0, 0.1) is 5.82 Å². The number of fused-ring (bicyclic) bond motifs is 1. The van der Waals surface area contributed by atoms with Crippen LogP contribution in [0.4, 0.5) is 10.1 Å². The third-order valence-corrected chi connectivity index (χ3v) is 7.87. The Balaban J connectivity index is 1.43. The van der Waals surface area contributed by atoms with Crippen molar-refractivity contribution in [3.05, 3.63) is 98.8 Å². The molecule has 2 aliphatic heterocycles. The van der Waals surface area contributed by atoms with Crippen molar-refractivity contribution in [2.24, 2.45) is 0 Å². The summed E-state index contributed by atoms with van der Waals surface area (Å²) < 4.78 is 24.8. The summed E-state index contributed by atoms with van der Waals surface area (Å²) in [6.07, 6.45) is 1.05. The number of ketones is 1. The maximum absolute atomic E-state index is 13.8. The largest absolute Gasteiger partial charge is 0.454 e. The zero-order valence-electron chi connectivity index (χ0n) is 19.5. The van der Waals surface area contributed by atoms with Crippen LogP contribution in [-0.2, 0) is 9.59 Å². The second kappa shape index (κ2) is 8.95. The third-order valence-electron chi connectivity index (χ3n) is 6.83. The van der Waals surface area contributed by atoms with Gasteiger partial charge in [-0.05, 0) is 60.7 Å². The molecule has 0 radical (unpaired) electrons. The molecule has 0 saturated carbocycles. The second-order valence-electron chi connectivity index (χ2n) is 9.11. The van der Waals surface area contributed by atoms with Gasteiger partial charge in [-0.1, -0.05) is 18.2 Å². The summed E-state index contributed by atoms with van der Waals surface area (Å²) in [6, 6.07) is 15.3. The van der Waals surface area contributed by atoms with Crippen molar-refractivity contribution in [1.82, 2.24) is 5.32 Å². The number of halogens is 1. The molecule has 0 saturated heterocycles. The first-order valence-corrected chi connectivity index (χ1v) is 12.6. The highest BCUT2D eigenvalue weighted by Gasteiger charge is 2.41. The molecule has 3 aromatic rings. The SMILES string of the molecule is CC1=C(C(=O)Nc2cccc(F)c2)[C@@H](c2ccc3c(c2)OCO3)C2=C(C[C@H](c3cccs3)CC2=O)N1. The fourth-order valence-corrected chi connectivity index (χ4v) is 6.09. The Morgan fingerprint density at radius 1 is 1.08 bits per heavy atom. The number of rotatable bonds is 4. The van der Waals surface area contributed by atoms with Gasteiger partial charge in [-0.2, -0.15) is 0 Å². The number of hydrogen-bond acceptors (Lipinski definition) is 6. The van der Waals surface area contributed by atoms with E-state index in [1.54, 1.807) is 23.5 Å². The Morgan fingerprint density at radius 2 is 1.94 bits per heavy atom. The highest BCUT2D eigenvalue weighted by Crippen LogP contribution is 2.47. The molecular formula is C28H23FN2O4S. The molecule has 36 heavy (non-hydrogen) atoms. The molecule has 8 heteroatoms. The number of nitrogens with one attached hydrogen (secondary N) is 2. The molecule has 1 amide bonds. The van der Waals surface area contributed by atoms with E-state index >= 15 is 0 Å². The smallest absolute Gasteiger partial charge is 0.254 e. The number of anilines is 1. The number of ether oxygens (including phenoxy) is 2. The van der Waals surface area contributed by atoms with Gasteiger partial charge in [-0.15, -0.1) is 11.3 Å². The Labute approximate surface area is 211 Å². The predicted molar refractivity (Wildman–Crippen MR) is 134 cm³/mol. The summed E-state index contributed by atoms with van der Waals surface area (Å²) in [7, 11) is 0. The van der Waals surface area contributed by atoms with Crippen LogP contribution < -0.4 is 20.1 Å². The molecule has 1 aliphatic carbocycles. The number of dihydropyridines is 1. The quantitative estimate of drug-likeness (QED) is 0.485. The summed E-state index contributed by atoms with van der Waals surface area (Å²) >= 11 is 1.65. The van der Waals surface area contributed by atoms with Crippen LogP contribution >= 0.6 is 11.3 Å². The van der Waals surface area contributed by atoms with E-state index in [9.17, 15) is 14.0 Å². The lowest BCUT2D eigenvalue weighted by Gasteiger charge is -2.36. The number of benzene rings is 2. The van der Waals surface area contributed by atoms with Crippen LogP contribution in [0.2, 0.25) is 0 Å². The first kappa shape index (κ1) is 22.5. The van der Waals surface area contributed by atoms with Crippen LogP contribution in [0.5, 0.6) is 11.5 Å². The van der Waals surface area contributed by atoms with Gasteiger partial charge in [0.1, 0.15) is 5.82 Å². The summed E-state index contributed by atoms with van der Waals surface area (Å²) in [5.74, 6) is -0.129. The Morgan fingerprint density at radius 3 is 2.75 bits per heavy atom. The van der Waals surface area contributed by atoms with Gasteiger partial charge in [0.25, 0.3) is 5.91 Å². The van der Waals surface area contributed by atoms with Crippen molar-refractivity contribution in [2.45, 2.75) is 31.6 Å². The Kier molecular flexibility index (Phi) is 5.60. The Bertz CT molecular complexity index is 1440. The monoisotopic (exact) mass is 502 g/mol. The molecule has 1 aromatic heterocycles. The summed E-state index contributed by atoms with van der Waals surface area (Å²) in [5.41, 5.74) is 3.62. The van der Waals surface area contributed by atoms with E-state index in [0.29, 0.717) is 46.9 Å². The van der Waals surface area contributed by atoms with Gasteiger partial charge in [0.15, 0.2) is 17.3 Å². The van der Waals surface area contributed by atoms with Gasteiger partial charge in [0.2, 0.25) is 6.79 Å². The zero-order valence-corrected chi connectivity index (χ0v) is 20.3. The molecule has 6 rings (SSSR count). The molecule has 0 spiro atoms. The van der Waals surface area contributed by atoms with Crippen molar-refractivity contribution < 1.29 is 23.5 Å². The first-order valence-electron chi connectivity index (χ1n) is 11.7. The molecule has 2 N–H and O–H groups in total. The van der Waals surface area contributed by atoms with Crippen LogP contribution in [0.3, 0.4) is 0 Å². The van der Waals surface area contributed by atoms with Crippen LogP contribution in [-0.4, -0.2) is 18.5 Å². The van der Waals surface area contributed by atoms with E-state index in [4.69, 9.17) is 9.47 Å². The molecule has 2 atom stereocenters.